The van der Waals surface area contributed by atoms with Gasteiger partial charge in [-0.25, -0.2) is 4.68 Å². The van der Waals surface area contributed by atoms with Crippen molar-refractivity contribution in [3.05, 3.63) is 35.1 Å². The van der Waals surface area contributed by atoms with Crippen molar-refractivity contribution in [2.24, 2.45) is 11.8 Å². The molecule has 1 aromatic heterocycles. The number of nitrogens with zero attached hydrogens (tertiary/aromatic N) is 5. The molecule has 2 fully saturated rings. The second-order valence-corrected chi connectivity index (χ2v) is 8.99. The van der Waals surface area contributed by atoms with Gasteiger partial charge < -0.3 is 20.1 Å². The number of methoxy groups -OCH3 is 1. The van der Waals surface area contributed by atoms with E-state index in [-0.39, 0.29) is 18.4 Å². The highest BCUT2D eigenvalue weighted by Gasteiger charge is 2.58. The highest BCUT2D eigenvalue weighted by atomic mass is 35.5. The monoisotopic (exact) mass is 448 g/mol. The molecule has 1 aliphatic carbocycles. The van der Waals surface area contributed by atoms with Crippen LogP contribution in [0, 0.1) is 11.8 Å². The van der Waals surface area contributed by atoms with E-state index in [0.29, 0.717) is 23.2 Å². The van der Waals surface area contributed by atoms with Gasteiger partial charge in [-0.3, -0.25) is 9.59 Å². The van der Waals surface area contributed by atoms with E-state index in [4.69, 9.17) is 16.3 Å². The summed E-state index contributed by atoms with van der Waals surface area (Å²) in [5.74, 6) is -0.347. The summed E-state index contributed by atoms with van der Waals surface area (Å²) in [5, 5.41) is 25.1. The molecular weight excluding hydrogens is 424 g/mol. The third kappa shape index (κ3) is 4.15. The molecule has 4 atom stereocenters. The quantitative estimate of drug-likeness (QED) is 0.634. The zero-order valence-corrected chi connectivity index (χ0v) is 18.3. The second kappa shape index (κ2) is 8.18. The molecule has 2 amide bonds. The normalized spacial score (nSPS) is 23.4. The van der Waals surface area contributed by atoms with E-state index in [2.05, 4.69) is 20.8 Å². The van der Waals surface area contributed by atoms with Crippen molar-refractivity contribution in [2.75, 3.05) is 13.7 Å². The molecule has 1 aromatic carbocycles. The molecule has 31 heavy (non-hydrogen) atoms. The van der Waals surface area contributed by atoms with Crippen LogP contribution < -0.4 is 5.32 Å². The molecule has 2 N–H and O–H groups in total. The minimum Gasteiger partial charge on any atom is -0.380 e. The number of fused-ring (bicyclic) bond motifs is 1. The fourth-order valence-electron chi connectivity index (χ4n) is 4.07. The molecular formula is C20H25ClN6O4. The summed E-state index contributed by atoms with van der Waals surface area (Å²) in [6, 6.07) is 4.61. The average molecular weight is 449 g/mol. The maximum Gasteiger partial charge on any atom is 0.255 e. The van der Waals surface area contributed by atoms with Gasteiger partial charge in [0.2, 0.25) is 5.91 Å². The molecule has 10 nitrogen and oxygen atoms in total. The van der Waals surface area contributed by atoms with E-state index in [1.54, 1.807) is 32.0 Å². The smallest absolute Gasteiger partial charge is 0.255 e. The van der Waals surface area contributed by atoms with E-state index in [1.807, 2.05) is 0 Å². The summed E-state index contributed by atoms with van der Waals surface area (Å²) in [6.45, 7) is 3.93. The van der Waals surface area contributed by atoms with Gasteiger partial charge in [-0.15, -0.1) is 5.10 Å². The van der Waals surface area contributed by atoms with Crippen molar-refractivity contribution in [1.29, 1.82) is 0 Å². The van der Waals surface area contributed by atoms with Crippen molar-refractivity contribution >= 4 is 23.4 Å². The van der Waals surface area contributed by atoms with Crippen molar-refractivity contribution in [1.82, 2.24) is 30.4 Å². The van der Waals surface area contributed by atoms with Crippen LogP contribution in [0.1, 0.15) is 25.8 Å². The summed E-state index contributed by atoms with van der Waals surface area (Å²) in [5.41, 5.74) is 0.374. The van der Waals surface area contributed by atoms with Crippen molar-refractivity contribution in [3.63, 3.8) is 0 Å². The highest BCUT2D eigenvalue weighted by molar-refractivity contribution is 6.30. The molecule has 2 aromatic rings. The summed E-state index contributed by atoms with van der Waals surface area (Å²) in [7, 11) is 1.44. The Morgan fingerprint density at radius 3 is 2.87 bits per heavy atom. The van der Waals surface area contributed by atoms with E-state index in [1.165, 1.54) is 23.0 Å². The van der Waals surface area contributed by atoms with Crippen molar-refractivity contribution < 1.29 is 19.4 Å². The molecule has 0 spiro atoms. The van der Waals surface area contributed by atoms with Gasteiger partial charge in [0.05, 0.1) is 11.3 Å². The molecule has 1 saturated carbocycles. The van der Waals surface area contributed by atoms with Crippen LogP contribution in [0.25, 0.3) is 5.69 Å². The Balaban J connectivity index is 1.49. The van der Waals surface area contributed by atoms with Crippen molar-refractivity contribution in [3.8, 4) is 5.69 Å². The summed E-state index contributed by atoms with van der Waals surface area (Å²) < 4.78 is 6.74. The number of hydrogen-bond donors (Lipinski definition) is 2. The SMILES string of the molecule is COC(C)(C)C(O)C(=O)N1C[C@H]2C[C@H]2[C@H]1C(=O)NCc1cc(Cl)ccc1-n1cnnn1. The Morgan fingerprint density at radius 1 is 1.42 bits per heavy atom. The third-order valence-electron chi connectivity index (χ3n) is 6.21. The number of aromatic nitrogens is 4. The Labute approximate surface area is 184 Å². The lowest BCUT2D eigenvalue weighted by atomic mass is 9.99. The first-order valence-corrected chi connectivity index (χ1v) is 10.4. The van der Waals surface area contributed by atoms with Crippen LogP contribution in [0.15, 0.2) is 24.5 Å². The van der Waals surface area contributed by atoms with Crippen LogP contribution in [-0.4, -0.2) is 73.4 Å². The Morgan fingerprint density at radius 2 is 2.19 bits per heavy atom. The largest absolute Gasteiger partial charge is 0.380 e. The third-order valence-corrected chi connectivity index (χ3v) is 6.45. The number of carbonyl (C=O) groups excluding carboxylic acids is 2. The van der Waals surface area contributed by atoms with Gasteiger partial charge >= 0.3 is 0 Å². The van der Waals surface area contributed by atoms with Crippen LogP contribution in [-0.2, 0) is 20.9 Å². The number of ether oxygens (including phenoxy) is 1. The number of carbonyl (C=O) groups is 2. The molecule has 0 radical (unpaired) electrons. The molecule has 2 aliphatic rings. The predicted octanol–water partition coefficient (Wildman–Crippen LogP) is 0.565. The lowest BCUT2D eigenvalue weighted by molar-refractivity contribution is -0.160. The van der Waals surface area contributed by atoms with Gasteiger partial charge in [-0.2, -0.15) is 0 Å². The first-order chi connectivity index (χ1) is 14.7. The number of nitrogens with one attached hydrogen (secondary N) is 1. The van der Waals surface area contributed by atoms with Crippen LogP contribution >= 0.6 is 11.6 Å². The predicted molar refractivity (Wildman–Crippen MR) is 110 cm³/mol. The number of hydrogen-bond acceptors (Lipinski definition) is 7. The van der Waals surface area contributed by atoms with Crippen molar-refractivity contribution in [2.45, 2.75) is 44.6 Å². The Kier molecular flexibility index (Phi) is 5.71. The molecule has 0 bridgehead atoms. The molecule has 1 saturated heterocycles. The maximum absolute atomic E-state index is 13.1. The number of rotatable bonds is 7. The number of amides is 2. The fraction of sp³-hybridized carbons (Fsp3) is 0.550. The van der Waals surface area contributed by atoms with E-state index < -0.39 is 23.7 Å². The molecule has 2 heterocycles. The van der Waals surface area contributed by atoms with E-state index >= 15 is 0 Å². The molecule has 1 unspecified atom stereocenters. The first kappa shape index (κ1) is 21.7. The summed E-state index contributed by atoms with van der Waals surface area (Å²) >= 11 is 6.14. The molecule has 166 valence electrons. The minimum atomic E-state index is -1.36. The Hall–Kier alpha value is -2.56. The molecule has 11 heteroatoms. The first-order valence-electron chi connectivity index (χ1n) is 10.1. The Bertz CT molecular complexity index is 982. The number of aliphatic hydroxyl groups is 1. The number of benzene rings is 1. The number of likely N-dealkylation sites (tertiary alicyclic amines) is 1. The number of halogens is 1. The average Bonchev–Trinajstić information content (AvgIpc) is 3.15. The number of tetrazole rings is 1. The van der Waals surface area contributed by atoms with Crippen LogP contribution in [0.3, 0.4) is 0 Å². The lowest BCUT2D eigenvalue weighted by Crippen LogP contribution is -2.55. The van der Waals surface area contributed by atoms with Gasteiger partial charge in [0, 0.05) is 25.2 Å². The van der Waals surface area contributed by atoms with Gasteiger partial charge in [0.15, 0.2) is 6.10 Å². The zero-order chi connectivity index (χ0) is 22.3. The van der Waals surface area contributed by atoms with E-state index in [9.17, 15) is 14.7 Å². The van der Waals surface area contributed by atoms with Crippen LogP contribution in [0.5, 0.6) is 0 Å². The van der Waals surface area contributed by atoms with Gasteiger partial charge in [-0.05, 0) is 66.3 Å². The van der Waals surface area contributed by atoms with Gasteiger partial charge in [-0.1, -0.05) is 11.6 Å². The lowest BCUT2D eigenvalue weighted by Gasteiger charge is -2.34. The number of aliphatic hydroxyl groups excluding tert-OH is 1. The van der Waals surface area contributed by atoms with E-state index in [0.717, 1.165) is 12.0 Å². The second-order valence-electron chi connectivity index (χ2n) is 8.55. The summed E-state index contributed by atoms with van der Waals surface area (Å²) in [4.78, 5) is 27.5. The topological polar surface area (TPSA) is 122 Å². The molecule has 1 aliphatic heterocycles. The van der Waals surface area contributed by atoms with Crippen LogP contribution in [0.4, 0.5) is 0 Å². The van der Waals surface area contributed by atoms with Gasteiger partial charge in [0.25, 0.3) is 5.91 Å². The minimum absolute atomic E-state index is 0.111. The van der Waals surface area contributed by atoms with Crippen LogP contribution in [0.2, 0.25) is 5.02 Å². The standard InChI is InChI=1S/C20H25ClN6O4/c1-20(2,31-3)17(28)19(30)26-9-12-7-14(12)16(26)18(29)22-8-11-6-13(21)4-5-15(11)27-10-23-24-25-27/h4-6,10,12,14,16-17,28H,7-9H2,1-3H3,(H,22,29)/t12-,14-,16+,17?/m1/s1. The highest BCUT2D eigenvalue weighted by Crippen LogP contribution is 2.50. The summed E-state index contributed by atoms with van der Waals surface area (Å²) in [6.07, 6.45) is 1.00. The zero-order valence-electron chi connectivity index (χ0n) is 17.5. The fourth-order valence-corrected chi connectivity index (χ4v) is 4.27. The maximum atomic E-state index is 13.1. The van der Waals surface area contributed by atoms with Gasteiger partial charge in [0.1, 0.15) is 12.4 Å². The number of piperidine rings is 1. The molecule has 4 rings (SSSR count).